The first-order valence-electron chi connectivity index (χ1n) is 9.15. The van der Waals surface area contributed by atoms with Gasteiger partial charge < -0.3 is 4.74 Å². The van der Waals surface area contributed by atoms with Gasteiger partial charge in [-0.1, -0.05) is 89.9 Å². The molecule has 28 heavy (non-hydrogen) atoms. The molecule has 0 radical (unpaired) electrons. The third kappa shape index (κ3) is 3.04. The lowest BCUT2D eigenvalue weighted by atomic mass is 9.91. The Kier molecular flexibility index (Phi) is 4.48. The van der Waals surface area contributed by atoms with Gasteiger partial charge in [-0.15, -0.1) is 0 Å². The quantitative estimate of drug-likeness (QED) is 0.390. The summed E-state index contributed by atoms with van der Waals surface area (Å²) in [5.41, 5.74) is 3.28. The van der Waals surface area contributed by atoms with Crippen LogP contribution in [0.25, 0.3) is 10.8 Å². The van der Waals surface area contributed by atoms with Crippen LogP contribution < -0.4 is 10.1 Å². The van der Waals surface area contributed by atoms with Gasteiger partial charge in [0.15, 0.2) is 6.23 Å². The highest BCUT2D eigenvalue weighted by atomic mass is 35.5. The van der Waals surface area contributed by atoms with E-state index in [1.165, 1.54) is 16.3 Å². The van der Waals surface area contributed by atoms with Gasteiger partial charge >= 0.3 is 0 Å². The smallest absolute Gasteiger partial charge is 0.177 e. The first kappa shape index (κ1) is 17.6. The van der Waals surface area contributed by atoms with Gasteiger partial charge in [0.05, 0.1) is 16.1 Å². The second-order valence-corrected chi connectivity index (χ2v) is 7.69. The molecule has 0 unspecified atom stereocenters. The highest BCUT2D eigenvalue weighted by molar-refractivity contribution is 6.42. The Morgan fingerprint density at radius 3 is 2.32 bits per heavy atom. The van der Waals surface area contributed by atoms with Crippen molar-refractivity contribution in [1.82, 2.24) is 5.32 Å². The van der Waals surface area contributed by atoms with Crippen molar-refractivity contribution >= 4 is 34.0 Å². The summed E-state index contributed by atoms with van der Waals surface area (Å²) in [5.74, 6) is 0.877. The molecule has 2 nitrogen and oxygen atoms in total. The predicted molar refractivity (Wildman–Crippen MR) is 115 cm³/mol. The maximum atomic E-state index is 6.36. The van der Waals surface area contributed by atoms with E-state index in [1.807, 2.05) is 18.2 Å². The number of hydrogen-bond donors (Lipinski definition) is 1. The molecule has 0 amide bonds. The van der Waals surface area contributed by atoms with Crippen molar-refractivity contribution in [1.29, 1.82) is 0 Å². The minimum atomic E-state index is -0.325. The van der Waals surface area contributed by atoms with Gasteiger partial charge in [0.1, 0.15) is 5.75 Å². The number of nitrogens with one attached hydrogen (secondary N) is 1. The molecule has 1 heterocycles. The summed E-state index contributed by atoms with van der Waals surface area (Å²) >= 11 is 12.3. The van der Waals surface area contributed by atoms with E-state index in [-0.39, 0.29) is 12.3 Å². The number of hydrogen-bond acceptors (Lipinski definition) is 2. The van der Waals surface area contributed by atoms with Crippen LogP contribution in [0.5, 0.6) is 5.75 Å². The molecule has 1 aliphatic heterocycles. The minimum absolute atomic E-state index is 0.00416. The summed E-state index contributed by atoms with van der Waals surface area (Å²) in [4.78, 5) is 0. The maximum Gasteiger partial charge on any atom is 0.177 e. The Bertz CT molecular complexity index is 1160. The van der Waals surface area contributed by atoms with Gasteiger partial charge in [0.2, 0.25) is 0 Å². The standard InChI is InChI=1S/C24H17Cl2NO/c25-19-12-10-17(14-20(19)26)24-27-23(16-7-2-1-3-8-16)22-18-9-5-4-6-15(18)11-13-21(22)28-24/h1-14,23-24,27H/t23-,24-/m0/s1. The van der Waals surface area contributed by atoms with Gasteiger partial charge in [0, 0.05) is 11.1 Å². The van der Waals surface area contributed by atoms with E-state index < -0.39 is 0 Å². The Hall–Kier alpha value is -2.52. The fourth-order valence-electron chi connectivity index (χ4n) is 3.82. The van der Waals surface area contributed by atoms with Crippen LogP contribution in [0, 0.1) is 0 Å². The van der Waals surface area contributed by atoms with Crippen LogP contribution >= 0.6 is 23.2 Å². The molecule has 4 heteroatoms. The van der Waals surface area contributed by atoms with Crippen molar-refractivity contribution in [2.45, 2.75) is 12.3 Å². The molecule has 5 rings (SSSR count). The normalized spacial score (nSPS) is 18.5. The van der Waals surface area contributed by atoms with Gasteiger partial charge in [0.25, 0.3) is 0 Å². The van der Waals surface area contributed by atoms with Crippen molar-refractivity contribution in [2.24, 2.45) is 0 Å². The first-order valence-corrected chi connectivity index (χ1v) is 9.90. The molecule has 1 N–H and O–H groups in total. The molecule has 1 aliphatic rings. The molecule has 4 aromatic carbocycles. The highest BCUT2D eigenvalue weighted by Gasteiger charge is 2.31. The zero-order valence-corrected chi connectivity index (χ0v) is 16.4. The van der Waals surface area contributed by atoms with Crippen LogP contribution in [0.3, 0.4) is 0 Å². The van der Waals surface area contributed by atoms with Gasteiger partial charge in [-0.2, -0.15) is 0 Å². The Morgan fingerprint density at radius 1 is 0.714 bits per heavy atom. The summed E-state index contributed by atoms with van der Waals surface area (Å²) < 4.78 is 6.36. The molecule has 138 valence electrons. The fourth-order valence-corrected chi connectivity index (χ4v) is 4.13. The molecule has 0 saturated heterocycles. The van der Waals surface area contributed by atoms with Crippen molar-refractivity contribution in [2.75, 3.05) is 0 Å². The summed E-state index contributed by atoms with van der Waals surface area (Å²) in [6, 6.07) is 28.6. The predicted octanol–water partition coefficient (Wildman–Crippen LogP) is 6.92. The number of rotatable bonds is 2. The van der Waals surface area contributed by atoms with E-state index in [1.54, 1.807) is 6.07 Å². The van der Waals surface area contributed by atoms with Crippen molar-refractivity contribution in [3.63, 3.8) is 0 Å². The van der Waals surface area contributed by atoms with Crippen molar-refractivity contribution in [3.05, 3.63) is 112 Å². The Labute approximate surface area is 173 Å². The van der Waals surface area contributed by atoms with Crippen LogP contribution in [0.1, 0.15) is 29.0 Å². The molecule has 0 fully saturated rings. The Morgan fingerprint density at radius 2 is 1.50 bits per heavy atom. The number of benzene rings is 4. The third-order valence-corrected chi connectivity index (χ3v) is 5.90. The van der Waals surface area contributed by atoms with Gasteiger partial charge in [-0.3, -0.25) is 5.32 Å². The van der Waals surface area contributed by atoms with Crippen LogP contribution in [-0.4, -0.2) is 0 Å². The first-order chi connectivity index (χ1) is 13.7. The molecule has 4 aromatic rings. The number of fused-ring (bicyclic) bond motifs is 3. The molecule has 0 bridgehead atoms. The zero-order chi connectivity index (χ0) is 19.1. The summed E-state index contributed by atoms with van der Waals surface area (Å²) in [6.07, 6.45) is -0.325. The molecule has 2 atom stereocenters. The van der Waals surface area contributed by atoms with Gasteiger partial charge in [-0.25, -0.2) is 0 Å². The molecular weight excluding hydrogens is 389 g/mol. The van der Waals surface area contributed by atoms with Crippen LogP contribution in [0.4, 0.5) is 0 Å². The summed E-state index contributed by atoms with van der Waals surface area (Å²) in [6.45, 7) is 0. The molecule has 0 spiro atoms. The lowest BCUT2D eigenvalue weighted by Crippen LogP contribution is -2.35. The maximum absolute atomic E-state index is 6.36. The molecule has 0 aromatic heterocycles. The van der Waals surface area contributed by atoms with E-state index in [0.717, 1.165) is 16.9 Å². The van der Waals surface area contributed by atoms with Crippen LogP contribution in [0.15, 0.2) is 84.9 Å². The fraction of sp³-hybridized carbons (Fsp3) is 0.0833. The van der Waals surface area contributed by atoms with Crippen LogP contribution in [0.2, 0.25) is 10.0 Å². The number of ether oxygens (including phenoxy) is 1. The zero-order valence-electron chi connectivity index (χ0n) is 14.9. The van der Waals surface area contributed by atoms with E-state index in [4.69, 9.17) is 27.9 Å². The molecule has 0 aliphatic carbocycles. The van der Waals surface area contributed by atoms with Crippen molar-refractivity contribution < 1.29 is 4.74 Å². The highest BCUT2D eigenvalue weighted by Crippen LogP contribution is 2.43. The second kappa shape index (κ2) is 7.14. The second-order valence-electron chi connectivity index (χ2n) is 6.88. The van der Waals surface area contributed by atoms with E-state index in [0.29, 0.717) is 10.0 Å². The number of halogens is 2. The lowest BCUT2D eigenvalue weighted by molar-refractivity contribution is 0.134. The average Bonchev–Trinajstić information content (AvgIpc) is 2.75. The summed E-state index contributed by atoms with van der Waals surface area (Å²) in [5, 5.41) is 7.09. The summed E-state index contributed by atoms with van der Waals surface area (Å²) in [7, 11) is 0. The minimum Gasteiger partial charge on any atom is -0.471 e. The largest absolute Gasteiger partial charge is 0.471 e. The third-order valence-electron chi connectivity index (χ3n) is 5.16. The average molecular weight is 406 g/mol. The molecule has 0 saturated carbocycles. The Balaban J connectivity index is 1.68. The van der Waals surface area contributed by atoms with E-state index in [9.17, 15) is 0 Å². The van der Waals surface area contributed by atoms with E-state index >= 15 is 0 Å². The SMILES string of the molecule is Clc1ccc([C@H]2N[C@@H](c3ccccc3)c3c(ccc4ccccc34)O2)cc1Cl. The van der Waals surface area contributed by atoms with Gasteiger partial charge in [-0.05, 0) is 34.5 Å². The molecular formula is C24H17Cl2NO. The lowest BCUT2D eigenvalue weighted by Gasteiger charge is -2.35. The van der Waals surface area contributed by atoms with E-state index in [2.05, 4.69) is 66.0 Å². The van der Waals surface area contributed by atoms with Crippen LogP contribution in [-0.2, 0) is 0 Å². The van der Waals surface area contributed by atoms with Crippen molar-refractivity contribution in [3.8, 4) is 5.75 Å². The monoisotopic (exact) mass is 405 g/mol. The topological polar surface area (TPSA) is 21.3 Å².